The fourth-order valence-electron chi connectivity index (χ4n) is 0.905. The molecule has 1 aromatic heterocycles. The molecule has 0 saturated heterocycles. The maximum atomic E-state index is 5.75. The van der Waals surface area contributed by atoms with Crippen LogP contribution in [0.3, 0.4) is 0 Å². The minimum absolute atomic E-state index is 0.520. The fraction of sp³-hybridized carbons (Fsp3) is 0.250. The van der Waals surface area contributed by atoms with E-state index in [0.29, 0.717) is 23.9 Å². The van der Waals surface area contributed by atoms with Crippen LogP contribution in [0.5, 0.6) is 0 Å². The average molecular weight is 179 g/mol. The Morgan fingerprint density at radius 2 is 2.23 bits per heavy atom. The number of nitrogens with two attached hydrogens (primary N) is 1. The zero-order valence-electron chi connectivity index (χ0n) is 7.54. The molecule has 13 heavy (non-hydrogen) atoms. The van der Waals surface area contributed by atoms with E-state index in [2.05, 4.69) is 27.2 Å². The standard InChI is InChI=1S/C8H13N5/c1-3-4-11-8-6(9)7(10-2)12-5-13-8/h3,5H,1,4,9H2,2H3,(H2,10,11,12,13). The van der Waals surface area contributed by atoms with Crippen LogP contribution in [0.2, 0.25) is 0 Å². The monoisotopic (exact) mass is 179 g/mol. The van der Waals surface area contributed by atoms with Gasteiger partial charge in [0.15, 0.2) is 11.6 Å². The van der Waals surface area contributed by atoms with Crippen LogP contribution in [0.25, 0.3) is 0 Å². The summed E-state index contributed by atoms with van der Waals surface area (Å²) < 4.78 is 0. The van der Waals surface area contributed by atoms with Crippen LogP contribution < -0.4 is 16.4 Å². The van der Waals surface area contributed by atoms with Crippen molar-refractivity contribution in [3.8, 4) is 0 Å². The summed E-state index contributed by atoms with van der Waals surface area (Å²) in [6.45, 7) is 4.21. The topological polar surface area (TPSA) is 75.9 Å². The molecule has 5 heteroatoms. The molecule has 4 N–H and O–H groups in total. The maximum Gasteiger partial charge on any atom is 0.155 e. The van der Waals surface area contributed by atoms with Gasteiger partial charge in [-0.1, -0.05) is 6.08 Å². The van der Waals surface area contributed by atoms with Gasteiger partial charge in [-0.25, -0.2) is 9.97 Å². The second-order valence-corrected chi connectivity index (χ2v) is 2.40. The summed E-state index contributed by atoms with van der Waals surface area (Å²) in [6, 6.07) is 0. The third kappa shape index (κ3) is 2.08. The van der Waals surface area contributed by atoms with Gasteiger partial charge in [0.25, 0.3) is 0 Å². The van der Waals surface area contributed by atoms with Crippen molar-refractivity contribution in [2.75, 3.05) is 30.0 Å². The van der Waals surface area contributed by atoms with Gasteiger partial charge in [0.2, 0.25) is 0 Å². The van der Waals surface area contributed by atoms with Crippen LogP contribution >= 0.6 is 0 Å². The average Bonchev–Trinajstić information content (AvgIpc) is 2.16. The minimum Gasteiger partial charge on any atom is -0.393 e. The molecule has 0 bridgehead atoms. The van der Waals surface area contributed by atoms with E-state index < -0.39 is 0 Å². The third-order valence-corrected chi connectivity index (χ3v) is 1.53. The highest BCUT2D eigenvalue weighted by Crippen LogP contribution is 2.20. The molecular weight excluding hydrogens is 166 g/mol. The van der Waals surface area contributed by atoms with Gasteiger partial charge in [-0.3, -0.25) is 0 Å². The third-order valence-electron chi connectivity index (χ3n) is 1.53. The molecule has 0 aliphatic heterocycles. The molecule has 0 aromatic carbocycles. The molecule has 0 unspecified atom stereocenters. The molecule has 0 atom stereocenters. The summed E-state index contributed by atoms with van der Waals surface area (Å²) in [5, 5.41) is 5.87. The largest absolute Gasteiger partial charge is 0.393 e. The van der Waals surface area contributed by atoms with E-state index in [0.717, 1.165) is 0 Å². The van der Waals surface area contributed by atoms with Crippen LogP contribution in [0.15, 0.2) is 19.0 Å². The van der Waals surface area contributed by atoms with Crippen molar-refractivity contribution < 1.29 is 0 Å². The molecule has 70 valence electrons. The Hall–Kier alpha value is -1.78. The highest BCUT2D eigenvalue weighted by Gasteiger charge is 2.04. The SMILES string of the molecule is C=CCNc1ncnc(NC)c1N. The Labute approximate surface area is 77.1 Å². The Morgan fingerprint density at radius 1 is 1.54 bits per heavy atom. The van der Waals surface area contributed by atoms with Crippen molar-refractivity contribution in [2.24, 2.45) is 0 Å². The van der Waals surface area contributed by atoms with E-state index in [4.69, 9.17) is 5.73 Å². The van der Waals surface area contributed by atoms with E-state index in [-0.39, 0.29) is 0 Å². The van der Waals surface area contributed by atoms with Gasteiger partial charge < -0.3 is 16.4 Å². The molecule has 1 heterocycles. The first-order chi connectivity index (χ1) is 6.29. The molecule has 1 aromatic rings. The van der Waals surface area contributed by atoms with Crippen molar-refractivity contribution in [1.29, 1.82) is 0 Å². The molecule has 0 fully saturated rings. The lowest BCUT2D eigenvalue weighted by atomic mass is 10.4. The normalized spacial score (nSPS) is 9.31. The van der Waals surface area contributed by atoms with E-state index in [1.165, 1.54) is 6.33 Å². The first-order valence-electron chi connectivity index (χ1n) is 3.92. The molecule has 0 aliphatic rings. The maximum absolute atomic E-state index is 5.75. The summed E-state index contributed by atoms with van der Waals surface area (Å²) in [7, 11) is 1.76. The van der Waals surface area contributed by atoms with Crippen LogP contribution in [-0.2, 0) is 0 Å². The number of anilines is 3. The molecule has 0 radical (unpaired) electrons. The van der Waals surface area contributed by atoms with Gasteiger partial charge in [-0.2, -0.15) is 0 Å². The zero-order valence-corrected chi connectivity index (χ0v) is 7.54. The molecule has 0 amide bonds. The van der Waals surface area contributed by atoms with Crippen molar-refractivity contribution in [3.63, 3.8) is 0 Å². The molecule has 5 nitrogen and oxygen atoms in total. The lowest BCUT2D eigenvalue weighted by molar-refractivity contribution is 1.14. The van der Waals surface area contributed by atoms with Gasteiger partial charge in [0, 0.05) is 13.6 Å². The summed E-state index contributed by atoms with van der Waals surface area (Å²) in [4.78, 5) is 7.94. The van der Waals surface area contributed by atoms with Crippen molar-refractivity contribution in [2.45, 2.75) is 0 Å². The van der Waals surface area contributed by atoms with Crippen LogP contribution in [-0.4, -0.2) is 23.6 Å². The number of nitrogens with zero attached hydrogens (tertiary/aromatic N) is 2. The Morgan fingerprint density at radius 3 is 2.85 bits per heavy atom. The van der Waals surface area contributed by atoms with Crippen molar-refractivity contribution >= 4 is 17.3 Å². The highest BCUT2D eigenvalue weighted by molar-refractivity contribution is 5.73. The quantitative estimate of drug-likeness (QED) is 0.593. The van der Waals surface area contributed by atoms with E-state index >= 15 is 0 Å². The summed E-state index contributed by atoms with van der Waals surface area (Å²) in [5.41, 5.74) is 6.27. The molecule has 0 aliphatic carbocycles. The molecule has 0 saturated carbocycles. The van der Waals surface area contributed by atoms with Gasteiger partial charge in [0.05, 0.1) is 0 Å². The van der Waals surface area contributed by atoms with Crippen LogP contribution in [0.1, 0.15) is 0 Å². The smallest absolute Gasteiger partial charge is 0.155 e. The van der Waals surface area contributed by atoms with E-state index in [9.17, 15) is 0 Å². The van der Waals surface area contributed by atoms with Gasteiger partial charge in [-0.05, 0) is 0 Å². The first kappa shape index (κ1) is 9.31. The molecule has 0 spiro atoms. The van der Waals surface area contributed by atoms with Crippen molar-refractivity contribution in [1.82, 2.24) is 9.97 Å². The second-order valence-electron chi connectivity index (χ2n) is 2.40. The van der Waals surface area contributed by atoms with Crippen LogP contribution in [0, 0.1) is 0 Å². The minimum atomic E-state index is 0.520. The first-order valence-corrected chi connectivity index (χ1v) is 3.92. The van der Waals surface area contributed by atoms with Crippen molar-refractivity contribution in [3.05, 3.63) is 19.0 Å². The number of hydrogen-bond donors (Lipinski definition) is 3. The summed E-state index contributed by atoms with van der Waals surface area (Å²) >= 11 is 0. The van der Waals surface area contributed by atoms with E-state index in [1.807, 2.05) is 0 Å². The van der Waals surface area contributed by atoms with Gasteiger partial charge in [-0.15, -0.1) is 6.58 Å². The summed E-state index contributed by atoms with van der Waals surface area (Å²) in [6.07, 6.45) is 3.19. The number of rotatable bonds is 4. The fourth-order valence-corrected chi connectivity index (χ4v) is 0.905. The Kier molecular flexibility index (Phi) is 3.08. The highest BCUT2D eigenvalue weighted by atomic mass is 15.1. The molecular formula is C8H13N5. The number of nitrogen functional groups attached to an aromatic ring is 1. The lowest BCUT2D eigenvalue weighted by Crippen LogP contribution is -2.07. The van der Waals surface area contributed by atoms with Gasteiger partial charge >= 0.3 is 0 Å². The van der Waals surface area contributed by atoms with Gasteiger partial charge in [0.1, 0.15) is 12.0 Å². The Balaban J connectivity index is 2.87. The zero-order chi connectivity index (χ0) is 9.68. The number of aromatic nitrogens is 2. The van der Waals surface area contributed by atoms with Crippen LogP contribution in [0.4, 0.5) is 17.3 Å². The lowest BCUT2D eigenvalue weighted by Gasteiger charge is -2.08. The number of nitrogens with one attached hydrogen (secondary N) is 2. The van der Waals surface area contributed by atoms with E-state index in [1.54, 1.807) is 13.1 Å². The Bertz CT molecular complexity index is 297. The predicted molar refractivity (Wildman–Crippen MR) is 54.7 cm³/mol. The predicted octanol–water partition coefficient (Wildman–Crippen LogP) is 0.698. The summed E-state index contributed by atoms with van der Waals surface area (Å²) in [5.74, 6) is 1.25. The second kappa shape index (κ2) is 4.30. The number of hydrogen-bond acceptors (Lipinski definition) is 5. The molecule has 1 rings (SSSR count).